The summed E-state index contributed by atoms with van der Waals surface area (Å²) in [4.78, 5) is 21.5. The van der Waals surface area contributed by atoms with Crippen LogP contribution in [0.4, 0.5) is 5.82 Å². The monoisotopic (exact) mass is 330 g/mol. The minimum absolute atomic E-state index is 0.273. The molecule has 1 aromatic carbocycles. The number of fused-ring (bicyclic) bond motifs is 3. The predicted molar refractivity (Wildman–Crippen MR) is 87.4 cm³/mol. The topological polar surface area (TPSA) is 59.3 Å². The van der Waals surface area contributed by atoms with Crippen LogP contribution in [-0.2, 0) is 6.54 Å². The van der Waals surface area contributed by atoms with Gasteiger partial charge >= 0.3 is 0 Å². The standard InChI is InChI=1S/C15H11ClN4OS/c16-9-3-4-10-11(8-9)18-15(20-6-5-17-13(10)20)19-14(21)12-2-1-7-22-12/h1-4,7-8,17H,5-6H2. The number of carbonyl (C=O) groups is 1. The third-order valence-corrected chi connectivity index (χ3v) is 4.60. The van der Waals surface area contributed by atoms with Gasteiger partial charge in [0.25, 0.3) is 5.91 Å². The molecule has 3 aromatic rings. The fourth-order valence-electron chi connectivity index (χ4n) is 2.53. The van der Waals surface area contributed by atoms with E-state index in [1.54, 1.807) is 12.1 Å². The van der Waals surface area contributed by atoms with Crippen molar-refractivity contribution in [2.45, 2.75) is 6.54 Å². The number of hydrogen-bond acceptors (Lipinski definition) is 4. The number of amides is 1. The Morgan fingerprint density at radius 2 is 2.32 bits per heavy atom. The Morgan fingerprint density at radius 1 is 1.41 bits per heavy atom. The highest BCUT2D eigenvalue weighted by molar-refractivity contribution is 7.12. The molecule has 0 unspecified atom stereocenters. The summed E-state index contributed by atoms with van der Waals surface area (Å²) in [6.45, 7) is 1.52. The first-order chi connectivity index (χ1) is 10.7. The first kappa shape index (κ1) is 13.5. The van der Waals surface area contributed by atoms with Gasteiger partial charge in [-0.05, 0) is 29.6 Å². The van der Waals surface area contributed by atoms with Crippen molar-refractivity contribution >= 4 is 45.6 Å². The summed E-state index contributed by atoms with van der Waals surface area (Å²) in [6, 6.07) is 9.14. The van der Waals surface area contributed by atoms with E-state index in [0.717, 1.165) is 29.8 Å². The summed E-state index contributed by atoms with van der Waals surface area (Å²) < 4.78 is 1.93. The summed E-state index contributed by atoms with van der Waals surface area (Å²) in [7, 11) is 0. The Bertz CT molecular complexity index is 946. The molecular weight excluding hydrogens is 320 g/mol. The molecule has 0 atom stereocenters. The van der Waals surface area contributed by atoms with Crippen LogP contribution >= 0.6 is 22.9 Å². The van der Waals surface area contributed by atoms with E-state index in [1.165, 1.54) is 11.3 Å². The maximum Gasteiger partial charge on any atom is 0.290 e. The molecule has 1 aliphatic rings. The lowest BCUT2D eigenvalue weighted by molar-refractivity contribution is 0.100. The highest BCUT2D eigenvalue weighted by atomic mass is 35.5. The molecule has 2 aromatic heterocycles. The summed E-state index contributed by atoms with van der Waals surface area (Å²) in [5.74, 6) is 0.657. The van der Waals surface area contributed by atoms with E-state index < -0.39 is 0 Å². The van der Waals surface area contributed by atoms with E-state index in [-0.39, 0.29) is 5.91 Å². The lowest BCUT2D eigenvalue weighted by Gasteiger charge is -2.08. The number of nitrogens with zero attached hydrogens (tertiary/aromatic N) is 3. The van der Waals surface area contributed by atoms with E-state index >= 15 is 0 Å². The average Bonchev–Trinajstić information content (AvgIpc) is 3.18. The molecule has 5 nitrogen and oxygen atoms in total. The van der Waals surface area contributed by atoms with Gasteiger partial charge in [-0.2, -0.15) is 4.99 Å². The fourth-order valence-corrected chi connectivity index (χ4v) is 3.30. The van der Waals surface area contributed by atoms with Gasteiger partial charge in [0, 0.05) is 23.5 Å². The Balaban J connectivity index is 1.96. The normalized spacial score (nSPS) is 14.1. The van der Waals surface area contributed by atoms with E-state index in [0.29, 0.717) is 15.5 Å². The fraction of sp³-hybridized carbons (Fsp3) is 0.133. The van der Waals surface area contributed by atoms with Crippen LogP contribution in [0.25, 0.3) is 10.9 Å². The molecule has 1 N–H and O–H groups in total. The highest BCUT2D eigenvalue weighted by Gasteiger charge is 2.16. The van der Waals surface area contributed by atoms with Crippen molar-refractivity contribution in [3.63, 3.8) is 0 Å². The molecule has 0 saturated heterocycles. The third kappa shape index (κ3) is 2.20. The number of benzene rings is 1. The van der Waals surface area contributed by atoms with E-state index in [2.05, 4.69) is 15.3 Å². The summed E-state index contributed by atoms with van der Waals surface area (Å²) in [5, 5.41) is 6.76. The molecule has 4 rings (SSSR count). The van der Waals surface area contributed by atoms with Crippen molar-refractivity contribution in [1.82, 2.24) is 9.55 Å². The molecular formula is C15H11ClN4OS. The van der Waals surface area contributed by atoms with Gasteiger partial charge in [-0.1, -0.05) is 17.7 Å². The van der Waals surface area contributed by atoms with Crippen LogP contribution in [0.5, 0.6) is 0 Å². The molecule has 0 saturated carbocycles. The Hall–Kier alpha value is -2.18. The molecule has 0 radical (unpaired) electrons. The molecule has 22 heavy (non-hydrogen) atoms. The molecule has 7 heteroatoms. The van der Waals surface area contributed by atoms with Crippen molar-refractivity contribution in [3.8, 4) is 0 Å². The number of nitrogens with one attached hydrogen (secondary N) is 1. The quantitative estimate of drug-likeness (QED) is 0.746. The third-order valence-electron chi connectivity index (χ3n) is 3.51. The van der Waals surface area contributed by atoms with Crippen molar-refractivity contribution < 1.29 is 4.79 Å². The second kappa shape index (κ2) is 5.23. The summed E-state index contributed by atoms with van der Waals surface area (Å²) in [5.41, 5.74) is 1.14. The average molecular weight is 331 g/mol. The summed E-state index contributed by atoms with van der Waals surface area (Å²) in [6.07, 6.45) is 0. The maximum atomic E-state index is 12.2. The molecule has 0 fully saturated rings. The summed E-state index contributed by atoms with van der Waals surface area (Å²) >= 11 is 7.42. The Labute approximate surface area is 134 Å². The zero-order valence-electron chi connectivity index (χ0n) is 11.4. The van der Waals surface area contributed by atoms with E-state index in [9.17, 15) is 4.79 Å². The predicted octanol–water partition coefficient (Wildman–Crippen LogP) is 2.92. The van der Waals surface area contributed by atoms with Gasteiger partial charge in [0.15, 0.2) is 0 Å². The molecule has 110 valence electrons. The van der Waals surface area contributed by atoms with E-state index in [4.69, 9.17) is 11.6 Å². The molecule has 0 aliphatic carbocycles. The lowest BCUT2D eigenvalue weighted by atomic mass is 10.2. The second-order valence-corrected chi connectivity index (χ2v) is 6.28. The minimum Gasteiger partial charge on any atom is -0.369 e. The van der Waals surface area contributed by atoms with Crippen LogP contribution < -0.4 is 10.9 Å². The van der Waals surface area contributed by atoms with Crippen LogP contribution in [0.3, 0.4) is 0 Å². The van der Waals surface area contributed by atoms with Crippen molar-refractivity contribution in [2.75, 3.05) is 11.9 Å². The number of anilines is 1. The van der Waals surface area contributed by atoms with Crippen LogP contribution in [0.2, 0.25) is 5.02 Å². The van der Waals surface area contributed by atoms with Gasteiger partial charge in [0.1, 0.15) is 5.82 Å². The number of rotatable bonds is 1. The maximum absolute atomic E-state index is 12.2. The van der Waals surface area contributed by atoms with Crippen LogP contribution in [0.1, 0.15) is 9.67 Å². The van der Waals surface area contributed by atoms with Gasteiger partial charge in [0.05, 0.1) is 10.4 Å². The van der Waals surface area contributed by atoms with Crippen molar-refractivity contribution in [1.29, 1.82) is 0 Å². The Kier molecular flexibility index (Phi) is 3.20. The number of hydrogen-bond donors (Lipinski definition) is 1. The van der Waals surface area contributed by atoms with Crippen molar-refractivity contribution in [3.05, 3.63) is 51.2 Å². The van der Waals surface area contributed by atoms with Crippen LogP contribution in [0.15, 0.2) is 40.7 Å². The first-order valence-corrected chi connectivity index (χ1v) is 8.05. The number of aromatic nitrogens is 2. The molecule has 0 bridgehead atoms. The van der Waals surface area contributed by atoms with Crippen LogP contribution in [-0.4, -0.2) is 22.0 Å². The first-order valence-electron chi connectivity index (χ1n) is 6.79. The smallest absolute Gasteiger partial charge is 0.290 e. The lowest BCUT2D eigenvalue weighted by Crippen LogP contribution is -2.24. The van der Waals surface area contributed by atoms with Gasteiger partial charge in [-0.3, -0.25) is 9.36 Å². The van der Waals surface area contributed by atoms with Gasteiger partial charge in [0.2, 0.25) is 5.62 Å². The molecule has 3 heterocycles. The molecule has 1 aliphatic heterocycles. The zero-order chi connectivity index (χ0) is 15.1. The largest absolute Gasteiger partial charge is 0.369 e. The van der Waals surface area contributed by atoms with Gasteiger partial charge in [-0.15, -0.1) is 11.3 Å². The highest BCUT2D eigenvalue weighted by Crippen LogP contribution is 2.25. The number of halogens is 1. The molecule has 1 amide bonds. The zero-order valence-corrected chi connectivity index (χ0v) is 13.0. The van der Waals surface area contributed by atoms with Gasteiger partial charge < -0.3 is 5.32 Å². The van der Waals surface area contributed by atoms with E-state index in [1.807, 2.05) is 28.1 Å². The Morgan fingerprint density at radius 3 is 3.14 bits per heavy atom. The van der Waals surface area contributed by atoms with Crippen LogP contribution in [0, 0.1) is 0 Å². The minimum atomic E-state index is -0.273. The molecule has 0 spiro atoms. The SMILES string of the molecule is O=C(N=c1nc2cc(Cl)ccc2c2n1CCN2)c1cccs1. The number of thiophene rings is 1. The van der Waals surface area contributed by atoms with Crippen molar-refractivity contribution in [2.24, 2.45) is 4.99 Å². The number of carbonyl (C=O) groups excluding carboxylic acids is 1. The second-order valence-electron chi connectivity index (χ2n) is 4.89. The van der Waals surface area contributed by atoms with Gasteiger partial charge in [-0.25, -0.2) is 4.98 Å².